The molecule has 0 atom stereocenters. The highest BCUT2D eigenvalue weighted by molar-refractivity contribution is 14.1. The average Bonchev–Trinajstić information content (AvgIpc) is 2.32. The van der Waals surface area contributed by atoms with Gasteiger partial charge in [0.2, 0.25) is 0 Å². The molecule has 0 fully saturated rings. The smallest absolute Gasteiger partial charge is 0.101 e. The Morgan fingerprint density at radius 2 is 1.88 bits per heavy atom. The highest BCUT2D eigenvalue weighted by atomic mass is 127. The minimum atomic E-state index is 0.578. The number of rotatable bonds is 2. The second-order valence-corrected chi connectivity index (χ2v) is 5.01. The molecule has 0 aliphatic heterocycles. The van der Waals surface area contributed by atoms with Gasteiger partial charge in [0.05, 0.1) is 16.9 Å². The molecule has 2 nitrogen and oxygen atoms in total. The average molecular weight is 355 g/mol. The molecule has 0 aliphatic rings. The van der Waals surface area contributed by atoms with Crippen molar-refractivity contribution in [3.63, 3.8) is 0 Å². The number of benzene rings is 2. The first-order chi connectivity index (χ1) is 8.20. The minimum absolute atomic E-state index is 0.578. The van der Waals surface area contributed by atoms with Gasteiger partial charge >= 0.3 is 0 Å². The summed E-state index contributed by atoms with van der Waals surface area (Å²) in [6, 6.07) is 15.2. The number of nitrogens with zero attached hydrogens (tertiary/aromatic N) is 1. The van der Waals surface area contributed by atoms with Crippen LogP contribution in [0.2, 0.25) is 5.02 Å². The van der Waals surface area contributed by atoms with Crippen LogP contribution in [-0.2, 0) is 0 Å². The Morgan fingerprint density at radius 3 is 2.59 bits per heavy atom. The molecule has 0 aromatic heterocycles. The Bertz CT molecular complexity index is 590. The first-order valence-corrected chi connectivity index (χ1v) is 6.37. The summed E-state index contributed by atoms with van der Waals surface area (Å²) in [4.78, 5) is 0. The highest BCUT2D eigenvalue weighted by Crippen LogP contribution is 2.26. The van der Waals surface area contributed by atoms with Gasteiger partial charge in [-0.2, -0.15) is 5.26 Å². The third-order valence-electron chi connectivity index (χ3n) is 2.25. The van der Waals surface area contributed by atoms with Crippen LogP contribution < -0.4 is 5.32 Å². The molecule has 2 rings (SSSR count). The quantitative estimate of drug-likeness (QED) is 0.803. The lowest BCUT2D eigenvalue weighted by Crippen LogP contribution is -1.95. The summed E-state index contributed by atoms with van der Waals surface area (Å²) in [5.41, 5.74) is 2.27. The predicted octanol–water partition coefficient (Wildman–Crippen LogP) is 4.56. The zero-order chi connectivity index (χ0) is 12.3. The van der Waals surface area contributed by atoms with E-state index in [9.17, 15) is 0 Å². The zero-order valence-corrected chi connectivity index (χ0v) is 11.7. The van der Waals surface area contributed by atoms with Crippen LogP contribution in [0.25, 0.3) is 0 Å². The number of anilines is 2. The molecule has 17 heavy (non-hydrogen) atoms. The van der Waals surface area contributed by atoms with Gasteiger partial charge in [-0.05, 0) is 52.9 Å². The Hall–Kier alpha value is -1.25. The van der Waals surface area contributed by atoms with Crippen molar-refractivity contribution in [2.24, 2.45) is 0 Å². The summed E-state index contributed by atoms with van der Waals surface area (Å²) in [5, 5.41) is 12.8. The Morgan fingerprint density at radius 1 is 1.12 bits per heavy atom. The van der Waals surface area contributed by atoms with Crippen molar-refractivity contribution in [3.8, 4) is 6.07 Å². The highest BCUT2D eigenvalue weighted by Gasteiger charge is 2.05. The molecule has 0 spiro atoms. The summed E-state index contributed by atoms with van der Waals surface area (Å²) in [6.45, 7) is 0. The van der Waals surface area contributed by atoms with Crippen LogP contribution in [0, 0.1) is 14.9 Å². The van der Waals surface area contributed by atoms with E-state index in [1.165, 1.54) is 0 Å². The lowest BCUT2D eigenvalue weighted by Gasteiger charge is -2.10. The van der Waals surface area contributed by atoms with Gasteiger partial charge < -0.3 is 5.32 Å². The van der Waals surface area contributed by atoms with Gasteiger partial charge in [0.1, 0.15) is 6.07 Å². The number of para-hydroxylation sites is 1. The Labute approximate surface area is 118 Å². The molecule has 0 saturated carbocycles. The predicted molar refractivity (Wildman–Crippen MR) is 78.6 cm³/mol. The Kier molecular flexibility index (Phi) is 3.87. The third kappa shape index (κ3) is 2.90. The van der Waals surface area contributed by atoms with Gasteiger partial charge in [-0.1, -0.05) is 23.7 Å². The van der Waals surface area contributed by atoms with E-state index >= 15 is 0 Å². The van der Waals surface area contributed by atoms with E-state index in [4.69, 9.17) is 16.9 Å². The van der Waals surface area contributed by atoms with Crippen LogP contribution in [0.4, 0.5) is 11.4 Å². The van der Waals surface area contributed by atoms with Crippen molar-refractivity contribution in [3.05, 3.63) is 56.6 Å². The molecular weight excluding hydrogens is 347 g/mol. The van der Waals surface area contributed by atoms with Crippen molar-refractivity contribution < 1.29 is 0 Å². The molecule has 1 N–H and O–H groups in total. The van der Waals surface area contributed by atoms with Gasteiger partial charge in [0, 0.05) is 8.59 Å². The van der Waals surface area contributed by atoms with E-state index in [1.807, 2.05) is 24.3 Å². The fourth-order valence-corrected chi connectivity index (χ4v) is 2.12. The van der Waals surface area contributed by atoms with E-state index in [1.54, 1.807) is 18.2 Å². The zero-order valence-electron chi connectivity index (χ0n) is 8.74. The summed E-state index contributed by atoms with van der Waals surface area (Å²) in [7, 11) is 0. The molecule has 2 aromatic carbocycles. The second kappa shape index (κ2) is 5.39. The molecular formula is C13H8ClIN2. The molecule has 4 heteroatoms. The number of hydrogen-bond donors (Lipinski definition) is 1. The van der Waals surface area contributed by atoms with Crippen LogP contribution >= 0.6 is 34.2 Å². The van der Waals surface area contributed by atoms with Gasteiger partial charge in [-0.15, -0.1) is 0 Å². The molecule has 0 amide bonds. The van der Waals surface area contributed by atoms with E-state index in [2.05, 4.69) is 34.0 Å². The summed E-state index contributed by atoms with van der Waals surface area (Å²) in [6.07, 6.45) is 0. The molecule has 0 aliphatic carbocycles. The minimum Gasteiger partial charge on any atom is -0.354 e. The lowest BCUT2D eigenvalue weighted by atomic mass is 10.2. The third-order valence-corrected chi connectivity index (χ3v) is 3.42. The lowest BCUT2D eigenvalue weighted by molar-refractivity contribution is 1.45. The molecule has 84 valence electrons. The molecule has 0 radical (unpaired) electrons. The molecule has 2 aromatic rings. The number of hydrogen-bond acceptors (Lipinski definition) is 2. The largest absolute Gasteiger partial charge is 0.354 e. The van der Waals surface area contributed by atoms with Crippen molar-refractivity contribution in [2.45, 2.75) is 0 Å². The fourth-order valence-electron chi connectivity index (χ4n) is 1.43. The van der Waals surface area contributed by atoms with Crippen LogP contribution in [0.15, 0.2) is 42.5 Å². The molecule has 0 unspecified atom stereocenters. The van der Waals surface area contributed by atoms with E-state index in [-0.39, 0.29) is 0 Å². The van der Waals surface area contributed by atoms with Crippen LogP contribution in [0.1, 0.15) is 5.56 Å². The van der Waals surface area contributed by atoms with Gasteiger partial charge in [0.25, 0.3) is 0 Å². The molecule has 0 saturated heterocycles. The van der Waals surface area contributed by atoms with Crippen molar-refractivity contribution in [2.75, 3.05) is 5.32 Å². The first kappa shape index (κ1) is 12.2. The van der Waals surface area contributed by atoms with Crippen LogP contribution in [-0.4, -0.2) is 0 Å². The van der Waals surface area contributed by atoms with E-state index in [0.29, 0.717) is 10.6 Å². The number of nitrogens with one attached hydrogen (secondary N) is 1. The van der Waals surface area contributed by atoms with Gasteiger partial charge in [0.15, 0.2) is 0 Å². The van der Waals surface area contributed by atoms with Gasteiger partial charge in [-0.25, -0.2) is 0 Å². The maximum Gasteiger partial charge on any atom is 0.101 e. The normalized spacial score (nSPS) is 9.71. The first-order valence-electron chi connectivity index (χ1n) is 4.92. The monoisotopic (exact) mass is 354 g/mol. The fraction of sp³-hybridized carbons (Fsp3) is 0. The maximum atomic E-state index is 9.02. The molecule has 0 heterocycles. The van der Waals surface area contributed by atoms with E-state index < -0.39 is 0 Å². The van der Waals surface area contributed by atoms with Gasteiger partial charge in [-0.3, -0.25) is 0 Å². The summed E-state index contributed by atoms with van der Waals surface area (Å²) >= 11 is 8.17. The van der Waals surface area contributed by atoms with Crippen LogP contribution in [0.3, 0.4) is 0 Å². The van der Waals surface area contributed by atoms with Crippen LogP contribution in [0.5, 0.6) is 0 Å². The summed E-state index contributed by atoms with van der Waals surface area (Å²) < 4.78 is 1.09. The summed E-state index contributed by atoms with van der Waals surface area (Å²) in [5.74, 6) is 0. The topological polar surface area (TPSA) is 35.8 Å². The van der Waals surface area contributed by atoms with E-state index in [0.717, 1.165) is 14.9 Å². The molecule has 0 bridgehead atoms. The Balaban J connectivity index is 2.40. The number of halogens is 2. The maximum absolute atomic E-state index is 9.02. The SMILES string of the molecule is N#Cc1ccc(Cl)cc1Nc1ccccc1I. The standard InChI is InChI=1S/C13H8ClIN2/c14-10-6-5-9(8-16)13(7-10)17-12-4-2-1-3-11(12)15/h1-7,17H. The number of nitriles is 1. The van der Waals surface area contributed by atoms with Crippen molar-refractivity contribution in [1.82, 2.24) is 0 Å². The van der Waals surface area contributed by atoms with Crippen molar-refractivity contribution in [1.29, 1.82) is 5.26 Å². The van der Waals surface area contributed by atoms with Crippen molar-refractivity contribution >= 4 is 45.6 Å². The second-order valence-electron chi connectivity index (χ2n) is 3.41.